The van der Waals surface area contributed by atoms with Crippen molar-refractivity contribution in [2.24, 2.45) is 0 Å². The molecule has 124 valence electrons. The van der Waals surface area contributed by atoms with E-state index in [1.807, 2.05) is 0 Å². The SMILES string of the molecule is COc1ccc(/C=C/c2ccc([N+](=O)[O-])cc2[N+](=O)[O-])c(OC)c1. The minimum absolute atomic E-state index is 0.253. The molecule has 0 saturated heterocycles. The maximum Gasteiger partial charge on any atom is 0.283 e. The fourth-order valence-corrected chi connectivity index (χ4v) is 2.08. The van der Waals surface area contributed by atoms with E-state index in [2.05, 4.69) is 0 Å². The summed E-state index contributed by atoms with van der Waals surface area (Å²) in [5.74, 6) is 1.15. The Kier molecular flexibility index (Phi) is 5.10. The predicted molar refractivity (Wildman–Crippen MR) is 88.2 cm³/mol. The summed E-state index contributed by atoms with van der Waals surface area (Å²) in [6.45, 7) is 0. The van der Waals surface area contributed by atoms with Crippen LogP contribution >= 0.6 is 0 Å². The molecule has 8 heteroatoms. The normalized spacial score (nSPS) is 10.6. The molecule has 8 nitrogen and oxygen atoms in total. The summed E-state index contributed by atoms with van der Waals surface area (Å²) in [5.41, 5.74) is 0.267. The number of ether oxygens (including phenoxy) is 2. The number of nitro groups is 2. The van der Waals surface area contributed by atoms with Crippen molar-refractivity contribution in [2.45, 2.75) is 0 Å². The van der Waals surface area contributed by atoms with Gasteiger partial charge in [-0.1, -0.05) is 6.08 Å². The number of nitrogens with zero attached hydrogens (tertiary/aromatic N) is 2. The van der Waals surface area contributed by atoms with E-state index in [1.165, 1.54) is 32.4 Å². The van der Waals surface area contributed by atoms with Crippen LogP contribution in [0.15, 0.2) is 36.4 Å². The zero-order chi connectivity index (χ0) is 17.7. The third-order valence-corrected chi connectivity index (χ3v) is 3.30. The van der Waals surface area contributed by atoms with E-state index < -0.39 is 9.85 Å². The monoisotopic (exact) mass is 330 g/mol. The highest BCUT2D eigenvalue weighted by atomic mass is 16.6. The molecule has 0 fully saturated rings. The lowest BCUT2D eigenvalue weighted by molar-refractivity contribution is -0.394. The number of rotatable bonds is 6. The van der Waals surface area contributed by atoms with Gasteiger partial charge in [0, 0.05) is 17.7 Å². The highest BCUT2D eigenvalue weighted by molar-refractivity contribution is 5.77. The maximum atomic E-state index is 11.1. The number of non-ortho nitro benzene ring substituents is 1. The molecule has 0 aromatic heterocycles. The highest BCUT2D eigenvalue weighted by Crippen LogP contribution is 2.29. The van der Waals surface area contributed by atoms with E-state index in [-0.39, 0.29) is 16.9 Å². The molecule has 0 N–H and O–H groups in total. The van der Waals surface area contributed by atoms with E-state index >= 15 is 0 Å². The molecule has 0 aliphatic heterocycles. The molecule has 0 aliphatic carbocycles. The van der Waals surface area contributed by atoms with Crippen LogP contribution < -0.4 is 9.47 Å². The van der Waals surface area contributed by atoms with Crippen molar-refractivity contribution in [1.29, 1.82) is 0 Å². The maximum absolute atomic E-state index is 11.1. The van der Waals surface area contributed by atoms with Gasteiger partial charge in [-0.05, 0) is 24.3 Å². The van der Waals surface area contributed by atoms with Crippen LogP contribution in [-0.2, 0) is 0 Å². The van der Waals surface area contributed by atoms with Gasteiger partial charge in [0.25, 0.3) is 11.4 Å². The Morgan fingerprint density at radius 2 is 1.54 bits per heavy atom. The van der Waals surface area contributed by atoms with Gasteiger partial charge < -0.3 is 9.47 Å². The standard InChI is InChI=1S/C16H14N2O6/c1-23-14-8-6-12(16(10-14)24-2)4-3-11-5-7-13(17(19)20)9-15(11)18(21)22/h3-10H,1-2H3/b4-3+. The Labute approximate surface area is 137 Å². The van der Waals surface area contributed by atoms with Crippen molar-refractivity contribution in [1.82, 2.24) is 0 Å². The zero-order valence-electron chi connectivity index (χ0n) is 13.0. The third-order valence-electron chi connectivity index (χ3n) is 3.30. The summed E-state index contributed by atoms with van der Waals surface area (Å²) in [6, 6.07) is 8.65. The molecule has 0 aliphatic rings. The summed E-state index contributed by atoms with van der Waals surface area (Å²) >= 11 is 0. The Morgan fingerprint density at radius 3 is 2.12 bits per heavy atom. The lowest BCUT2D eigenvalue weighted by atomic mass is 10.1. The Hall–Kier alpha value is -3.42. The van der Waals surface area contributed by atoms with Crippen LogP contribution in [-0.4, -0.2) is 24.1 Å². The topological polar surface area (TPSA) is 105 Å². The Balaban J connectivity index is 2.42. The second-order valence-electron chi connectivity index (χ2n) is 4.70. The van der Waals surface area contributed by atoms with E-state index in [4.69, 9.17) is 9.47 Å². The zero-order valence-corrected chi connectivity index (χ0v) is 13.0. The molecule has 2 aromatic carbocycles. The van der Waals surface area contributed by atoms with Gasteiger partial charge in [-0.25, -0.2) is 0 Å². The van der Waals surface area contributed by atoms with Crippen molar-refractivity contribution < 1.29 is 19.3 Å². The van der Waals surface area contributed by atoms with E-state index in [0.717, 1.165) is 6.07 Å². The molecule has 0 spiro atoms. The number of hydrogen-bond donors (Lipinski definition) is 0. The van der Waals surface area contributed by atoms with Crippen LogP contribution in [0.3, 0.4) is 0 Å². The van der Waals surface area contributed by atoms with Crippen molar-refractivity contribution in [3.63, 3.8) is 0 Å². The predicted octanol–water partition coefficient (Wildman–Crippen LogP) is 3.69. The van der Waals surface area contributed by atoms with Crippen molar-refractivity contribution in [2.75, 3.05) is 14.2 Å². The number of benzene rings is 2. The molecule has 0 heterocycles. The fraction of sp³-hybridized carbons (Fsp3) is 0.125. The lowest BCUT2D eigenvalue weighted by Crippen LogP contribution is -1.95. The summed E-state index contributed by atoms with van der Waals surface area (Å²) in [5, 5.41) is 21.9. The van der Waals surface area contributed by atoms with E-state index in [1.54, 1.807) is 24.3 Å². The smallest absolute Gasteiger partial charge is 0.283 e. The van der Waals surface area contributed by atoms with Crippen LogP contribution in [0.2, 0.25) is 0 Å². The second-order valence-corrected chi connectivity index (χ2v) is 4.70. The number of methoxy groups -OCH3 is 2. The van der Waals surface area contributed by atoms with Gasteiger partial charge in [-0.2, -0.15) is 0 Å². The molecule has 2 rings (SSSR count). The molecule has 0 amide bonds. The first-order valence-electron chi connectivity index (χ1n) is 6.79. The van der Waals surface area contributed by atoms with Gasteiger partial charge in [-0.15, -0.1) is 0 Å². The van der Waals surface area contributed by atoms with Gasteiger partial charge in [0.2, 0.25) is 0 Å². The first-order valence-corrected chi connectivity index (χ1v) is 6.79. The van der Waals surface area contributed by atoms with Crippen LogP contribution in [0.4, 0.5) is 11.4 Å². The van der Waals surface area contributed by atoms with Crippen LogP contribution in [0.5, 0.6) is 11.5 Å². The molecule has 24 heavy (non-hydrogen) atoms. The van der Waals surface area contributed by atoms with Crippen molar-refractivity contribution >= 4 is 23.5 Å². The molecule has 0 bridgehead atoms. The molecule has 2 aromatic rings. The lowest BCUT2D eigenvalue weighted by Gasteiger charge is -2.07. The van der Waals surface area contributed by atoms with Gasteiger partial charge in [0.1, 0.15) is 11.5 Å². The molecular weight excluding hydrogens is 316 g/mol. The molecule has 0 saturated carbocycles. The van der Waals surface area contributed by atoms with E-state index in [9.17, 15) is 20.2 Å². The first-order chi connectivity index (χ1) is 11.5. The summed E-state index contributed by atoms with van der Waals surface area (Å²) in [6.07, 6.45) is 3.14. The van der Waals surface area contributed by atoms with Crippen molar-refractivity contribution in [3.05, 3.63) is 67.8 Å². The molecular formula is C16H14N2O6. The number of nitro benzene ring substituents is 2. The van der Waals surface area contributed by atoms with E-state index in [0.29, 0.717) is 17.1 Å². The summed E-state index contributed by atoms with van der Waals surface area (Å²) in [7, 11) is 3.03. The number of hydrogen-bond acceptors (Lipinski definition) is 6. The highest BCUT2D eigenvalue weighted by Gasteiger charge is 2.17. The molecule has 0 radical (unpaired) electrons. The Bertz CT molecular complexity index is 816. The van der Waals surface area contributed by atoms with Crippen LogP contribution in [0.1, 0.15) is 11.1 Å². The largest absolute Gasteiger partial charge is 0.497 e. The fourth-order valence-electron chi connectivity index (χ4n) is 2.08. The Morgan fingerprint density at radius 1 is 0.875 bits per heavy atom. The quantitative estimate of drug-likeness (QED) is 0.454. The van der Waals surface area contributed by atoms with Crippen LogP contribution in [0, 0.1) is 20.2 Å². The van der Waals surface area contributed by atoms with Gasteiger partial charge in [0.05, 0.1) is 35.7 Å². The summed E-state index contributed by atoms with van der Waals surface area (Å²) in [4.78, 5) is 20.5. The average molecular weight is 330 g/mol. The van der Waals surface area contributed by atoms with Crippen molar-refractivity contribution in [3.8, 4) is 11.5 Å². The third kappa shape index (κ3) is 3.67. The minimum Gasteiger partial charge on any atom is -0.497 e. The second kappa shape index (κ2) is 7.23. The molecule has 0 atom stereocenters. The molecule has 0 unspecified atom stereocenters. The van der Waals surface area contributed by atoms with Gasteiger partial charge >= 0.3 is 0 Å². The van der Waals surface area contributed by atoms with Gasteiger partial charge in [-0.3, -0.25) is 20.2 Å². The van der Waals surface area contributed by atoms with Crippen LogP contribution in [0.25, 0.3) is 12.2 Å². The summed E-state index contributed by atoms with van der Waals surface area (Å²) < 4.78 is 10.4. The van der Waals surface area contributed by atoms with Gasteiger partial charge in [0.15, 0.2) is 0 Å². The first kappa shape index (κ1) is 16.9. The minimum atomic E-state index is -0.674. The average Bonchev–Trinajstić information content (AvgIpc) is 2.59.